The van der Waals surface area contributed by atoms with Crippen molar-refractivity contribution in [2.24, 2.45) is 11.1 Å². The summed E-state index contributed by atoms with van der Waals surface area (Å²) in [5.74, 6) is 0.268. The van der Waals surface area contributed by atoms with Gasteiger partial charge >= 0.3 is 0 Å². The molecule has 1 aliphatic heterocycles. The number of hydrogen-bond acceptors (Lipinski definition) is 3. The van der Waals surface area contributed by atoms with E-state index in [9.17, 15) is 4.79 Å². The molecule has 0 aromatic carbocycles. The van der Waals surface area contributed by atoms with Gasteiger partial charge in [-0.2, -0.15) is 0 Å². The van der Waals surface area contributed by atoms with Gasteiger partial charge in [0.15, 0.2) is 0 Å². The van der Waals surface area contributed by atoms with Gasteiger partial charge in [0, 0.05) is 26.2 Å². The van der Waals surface area contributed by atoms with Crippen LogP contribution in [0, 0.1) is 5.41 Å². The number of piperidine rings is 1. The Morgan fingerprint density at radius 2 is 1.95 bits per heavy atom. The second kappa shape index (κ2) is 7.99. The zero-order chi connectivity index (χ0) is 15.2. The summed E-state index contributed by atoms with van der Waals surface area (Å²) in [4.78, 5) is 17.3. The van der Waals surface area contributed by atoms with Crippen LogP contribution in [-0.4, -0.2) is 55.5 Å². The second-order valence-electron chi connectivity index (χ2n) is 6.46. The van der Waals surface area contributed by atoms with Crippen molar-refractivity contribution in [1.29, 1.82) is 0 Å². The van der Waals surface area contributed by atoms with Gasteiger partial charge in [0.25, 0.3) is 0 Å². The molecule has 1 saturated heterocycles. The molecule has 1 amide bonds. The highest BCUT2D eigenvalue weighted by molar-refractivity contribution is 5.83. The zero-order valence-electron chi connectivity index (χ0n) is 13.8. The maximum absolute atomic E-state index is 13.0. The largest absolute Gasteiger partial charge is 0.341 e. The van der Waals surface area contributed by atoms with E-state index in [2.05, 4.69) is 25.8 Å². The van der Waals surface area contributed by atoms with Gasteiger partial charge in [-0.25, -0.2) is 0 Å². The summed E-state index contributed by atoms with van der Waals surface area (Å²) in [6.45, 7) is 6.88. The van der Waals surface area contributed by atoms with E-state index in [1.165, 1.54) is 6.42 Å². The minimum absolute atomic E-state index is 0.268. The lowest BCUT2D eigenvalue weighted by Gasteiger charge is -2.41. The Labute approximate surface area is 124 Å². The predicted molar refractivity (Wildman–Crippen MR) is 84.6 cm³/mol. The molecule has 1 fully saturated rings. The molecule has 0 saturated carbocycles. The van der Waals surface area contributed by atoms with Gasteiger partial charge in [0.2, 0.25) is 5.91 Å². The normalized spacial score (nSPS) is 20.9. The zero-order valence-corrected chi connectivity index (χ0v) is 13.8. The van der Waals surface area contributed by atoms with Gasteiger partial charge in [0.05, 0.1) is 5.41 Å². The van der Waals surface area contributed by atoms with Gasteiger partial charge in [-0.15, -0.1) is 0 Å². The summed E-state index contributed by atoms with van der Waals surface area (Å²) >= 11 is 0. The molecule has 1 unspecified atom stereocenters. The summed E-state index contributed by atoms with van der Waals surface area (Å²) in [5.41, 5.74) is 5.68. The van der Waals surface area contributed by atoms with Gasteiger partial charge in [-0.3, -0.25) is 4.79 Å². The number of rotatable bonds is 7. The first-order chi connectivity index (χ1) is 9.50. The first-order valence-electron chi connectivity index (χ1n) is 8.16. The quantitative estimate of drug-likeness (QED) is 0.778. The Bertz CT molecular complexity index is 300. The molecular formula is C16H33N3O. The lowest BCUT2D eigenvalue weighted by atomic mass is 9.77. The number of likely N-dealkylation sites (N-methyl/N-ethyl adjacent to an activating group) is 2. The predicted octanol–water partition coefficient (Wildman–Crippen LogP) is 2.08. The number of likely N-dealkylation sites (tertiary alicyclic amines) is 1. The number of nitrogens with zero attached hydrogens (tertiary/aromatic N) is 2. The smallest absolute Gasteiger partial charge is 0.230 e. The van der Waals surface area contributed by atoms with Crippen LogP contribution in [0.3, 0.4) is 0 Å². The highest BCUT2D eigenvalue weighted by Crippen LogP contribution is 2.32. The van der Waals surface area contributed by atoms with E-state index in [1.54, 1.807) is 0 Å². The SMILES string of the molecule is CCCC(CN)(CCC)C(=O)N(C)C1CCCN(C)C1. The van der Waals surface area contributed by atoms with Gasteiger partial charge in [0.1, 0.15) is 0 Å². The van der Waals surface area contributed by atoms with Crippen molar-refractivity contribution in [3.63, 3.8) is 0 Å². The van der Waals surface area contributed by atoms with Crippen LogP contribution in [0.4, 0.5) is 0 Å². The Morgan fingerprint density at radius 1 is 1.35 bits per heavy atom. The van der Waals surface area contributed by atoms with E-state index < -0.39 is 0 Å². The fourth-order valence-corrected chi connectivity index (χ4v) is 3.58. The average Bonchev–Trinajstić information content (AvgIpc) is 2.45. The van der Waals surface area contributed by atoms with E-state index in [1.807, 2.05) is 11.9 Å². The molecule has 0 spiro atoms. The molecule has 0 aromatic rings. The third-order valence-electron chi connectivity index (χ3n) is 4.77. The standard InChI is InChI=1S/C16H33N3O/c1-5-9-16(13-17,10-6-2)15(20)19(4)14-8-7-11-18(3)12-14/h14H,5-13,17H2,1-4H3. The van der Waals surface area contributed by atoms with E-state index in [-0.39, 0.29) is 11.3 Å². The van der Waals surface area contributed by atoms with Crippen molar-refractivity contribution in [2.75, 3.05) is 33.7 Å². The monoisotopic (exact) mass is 283 g/mol. The lowest BCUT2D eigenvalue weighted by molar-refractivity contribution is -0.144. The molecule has 20 heavy (non-hydrogen) atoms. The molecule has 0 aliphatic carbocycles. The maximum Gasteiger partial charge on any atom is 0.230 e. The van der Waals surface area contributed by atoms with Crippen molar-refractivity contribution < 1.29 is 4.79 Å². The number of carbonyl (C=O) groups excluding carboxylic acids is 1. The average molecular weight is 283 g/mol. The third kappa shape index (κ3) is 3.95. The van der Waals surface area contributed by atoms with E-state index >= 15 is 0 Å². The topological polar surface area (TPSA) is 49.6 Å². The van der Waals surface area contributed by atoms with Crippen molar-refractivity contribution in [1.82, 2.24) is 9.80 Å². The molecule has 1 rings (SSSR count). The minimum atomic E-state index is -0.339. The van der Waals surface area contributed by atoms with E-state index in [0.717, 1.165) is 45.2 Å². The molecule has 0 bridgehead atoms. The van der Waals surface area contributed by atoms with Gasteiger partial charge in [-0.1, -0.05) is 26.7 Å². The molecule has 1 heterocycles. The molecule has 118 valence electrons. The summed E-state index contributed by atoms with van der Waals surface area (Å²) in [6, 6.07) is 0.348. The first kappa shape index (κ1) is 17.4. The Morgan fingerprint density at radius 3 is 2.40 bits per heavy atom. The van der Waals surface area contributed by atoms with Gasteiger partial charge < -0.3 is 15.5 Å². The van der Waals surface area contributed by atoms with Crippen LogP contribution < -0.4 is 5.73 Å². The van der Waals surface area contributed by atoms with Crippen LogP contribution in [0.5, 0.6) is 0 Å². The Balaban J connectivity index is 2.81. The van der Waals surface area contributed by atoms with Crippen LogP contribution in [0.1, 0.15) is 52.4 Å². The molecule has 0 radical (unpaired) electrons. The van der Waals surface area contributed by atoms with E-state index in [4.69, 9.17) is 5.73 Å². The number of nitrogens with two attached hydrogens (primary N) is 1. The first-order valence-corrected chi connectivity index (χ1v) is 8.16. The van der Waals surface area contributed by atoms with Crippen LogP contribution in [0.25, 0.3) is 0 Å². The molecular weight excluding hydrogens is 250 g/mol. The minimum Gasteiger partial charge on any atom is -0.341 e. The molecule has 4 heteroatoms. The Kier molecular flexibility index (Phi) is 6.96. The summed E-state index contributed by atoms with van der Waals surface area (Å²) in [7, 11) is 4.11. The van der Waals surface area contributed by atoms with Crippen LogP contribution in [-0.2, 0) is 4.79 Å². The van der Waals surface area contributed by atoms with Gasteiger partial charge in [-0.05, 0) is 39.3 Å². The van der Waals surface area contributed by atoms with Crippen LogP contribution in [0.2, 0.25) is 0 Å². The Hall–Kier alpha value is -0.610. The molecule has 0 aromatic heterocycles. The summed E-state index contributed by atoms with van der Waals surface area (Å²) < 4.78 is 0. The van der Waals surface area contributed by atoms with Crippen molar-refractivity contribution in [2.45, 2.75) is 58.4 Å². The second-order valence-corrected chi connectivity index (χ2v) is 6.46. The van der Waals surface area contributed by atoms with E-state index in [0.29, 0.717) is 12.6 Å². The fraction of sp³-hybridized carbons (Fsp3) is 0.938. The van der Waals surface area contributed by atoms with Crippen LogP contribution in [0.15, 0.2) is 0 Å². The van der Waals surface area contributed by atoms with Crippen molar-refractivity contribution in [3.8, 4) is 0 Å². The highest BCUT2D eigenvalue weighted by Gasteiger charge is 2.39. The summed E-state index contributed by atoms with van der Waals surface area (Å²) in [5, 5.41) is 0. The highest BCUT2D eigenvalue weighted by atomic mass is 16.2. The molecule has 2 N–H and O–H groups in total. The molecule has 1 aliphatic rings. The fourth-order valence-electron chi connectivity index (χ4n) is 3.58. The molecule has 1 atom stereocenters. The summed E-state index contributed by atoms with van der Waals surface area (Å²) in [6.07, 6.45) is 6.14. The van der Waals surface area contributed by atoms with Crippen molar-refractivity contribution in [3.05, 3.63) is 0 Å². The number of hydrogen-bond donors (Lipinski definition) is 1. The number of carbonyl (C=O) groups is 1. The van der Waals surface area contributed by atoms with Crippen molar-refractivity contribution >= 4 is 5.91 Å². The maximum atomic E-state index is 13.0. The third-order valence-corrected chi connectivity index (χ3v) is 4.77. The number of amides is 1. The van der Waals surface area contributed by atoms with Crippen LogP contribution >= 0.6 is 0 Å². The lowest BCUT2D eigenvalue weighted by Crippen LogP contribution is -2.54. The molecule has 4 nitrogen and oxygen atoms in total.